The Morgan fingerprint density at radius 2 is 1.76 bits per heavy atom. The van der Waals surface area contributed by atoms with Crippen molar-refractivity contribution in [2.45, 2.75) is 34.1 Å². The highest BCUT2D eigenvalue weighted by molar-refractivity contribution is 7.19. The van der Waals surface area contributed by atoms with Gasteiger partial charge in [0.05, 0.1) is 0 Å². The molecule has 0 fully saturated rings. The number of hydrogen-bond acceptors (Lipinski definition) is 3. The number of thiophene rings is 1. The van der Waals surface area contributed by atoms with Crippen molar-refractivity contribution < 1.29 is 5.11 Å². The zero-order valence-electron chi connectivity index (χ0n) is 11.2. The maximum atomic E-state index is 9.25. The number of phenolic OH excluding ortho intramolecular Hbond substituents is 1. The van der Waals surface area contributed by atoms with Crippen LogP contribution in [0.1, 0.15) is 32.6 Å². The van der Waals surface area contributed by atoms with Gasteiger partial charge in [-0.15, -0.1) is 11.3 Å². The summed E-state index contributed by atoms with van der Waals surface area (Å²) in [7, 11) is 0. The second kappa shape index (κ2) is 9.02. The van der Waals surface area contributed by atoms with Crippen LogP contribution in [0.25, 0.3) is 10.1 Å². The molecule has 0 spiro atoms. The molecule has 0 atom stereocenters. The van der Waals surface area contributed by atoms with Gasteiger partial charge in [-0.2, -0.15) is 0 Å². The quantitative estimate of drug-likeness (QED) is 0.844. The van der Waals surface area contributed by atoms with Crippen LogP contribution in [-0.2, 0) is 6.42 Å². The molecule has 2 aromatic rings. The van der Waals surface area contributed by atoms with Crippen LogP contribution in [0.2, 0.25) is 0 Å². The van der Waals surface area contributed by atoms with E-state index in [0.29, 0.717) is 12.3 Å². The van der Waals surface area contributed by atoms with Crippen molar-refractivity contribution >= 4 is 21.4 Å². The normalized spacial score (nSPS) is 9.00. The van der Waals surface area contributed by atoms with Crippen molar-refractivity contribution in [2.24, 2.45) is 5.73 Å². The third-order valence-electron chi connectivity index (χ3n) is 1.94. The predicted molar refractivity (Wildman–Crippen MR) is 78.9 cm³/mol. The third kappa shape index (κ3) is 4.75. The molecule has 96 valence electrons. The molecule has 3 N–H and O–H groups in total. The molecule has 3 heteroatoms. The first kappa shape index (κ1) is 15.9. The summed E-state index contributed by atoms with van der Waals surface area (Å²) in [6.45, 7) is 8.68. The average Bonchev–Trinajstić information content (AvgIpc) is 2.76. The van der Waals surface area contributed by atoms with E-state index in [1.807, 2.05) is 33.8 Å². The Morgan fingerprint density at radius 3 is 2.35 bits per heavy atom. The predicted octanol–water partition coefficient (Wildman–Crippen LogP) is 4.16. The largest absolute Gasteiger partial charge is 0.508 e. The standard InChI is InChI=1S/C10H11NOS.2C2H6/c11-4-3-9-6-7-5-8(12)1-2-10(7)13-9;2*1-2/h1-2,5-6,12H,3-4,11H2;2*1-2H3. The van der Waals surface area contributed by atoms with Gasteiger partial charge in [0.25, 0.3) is 0 Å². The number of rotatable bonds is 2. The van der Waals surface area contributed by atoms with Crippen LogP contribution in [0.3, 0.4) is 0 Å². The van der Waals surface area contributed by atoms with Crippen molar-refractivity contribution in [3.63, 3.8) is 0 Å². The smallest absolute Gasteiger partial charge is 0.116 e. The summed E-state index contributed by atoms with van der Waals surface area (Å²) in [5.41, 5.74) is 5.47. The van der Waals surface area contributed by atoms with Crippen LogP contribution in [0.4, 0.5) is 0 Å². The minimum Gasteiger partial charge on any atom is -0.508 e. The minimum absolute atomic E-state index is 0.324. The van der Waals surface area contributed by atoms with E-state index >= 15 is 0 Å². The van der Waals surface area contributed by atoms with Crippen LogP contribution < -0.4 is 5.73 Å². The Bertz CT molecular complexity index is 423. The topological polar surface area (TPSA) is 46.2 Å². The van der Waals surface area contributed by atoms with Crippen molar-refractivity contribution in [3.8, 4) is 5.75 Å². The van der Waals surface area contributed by atoms with Gasteiger partial charge in [0.2, 0.25) is 0 Å². The molecule has 1 aromatic heterocycles. The van der Waals surface area contributed by atoms with Gasteiger partial charge in [0, 0.05) is 9.58 Å². The van der Waals surface area contributed by atoms with Crippen LogP contribution in [0.15, 0.2) is 24.3 Å². The molecule has 1 heterocycles. The van der Waals surface area contributed by atoms with Crippen LogP contribution in [-0.4, -0.2) is 11.7 Å². The van der Waals surface area contributed by atoms with Gasteiger partial charge in [-0.3, -0.25) is 0 Å². The van der Waals surface area contributed by atoms with Crippen molar-refractivity contribution in [1.29, 1.82) is 0 Å². The fourth-order valence-corrected chi connectivity index (χ4v) is 2.41. The molecule has 0 aliphatic rings. The van der Waals surface area contributed by atoms with E-state index in [0.717, 1.165) is 11.8 Å². The minimum atomic E-state index is 0.324. The monoisotopic (exact) mass is 253 g/mol. The number of aromatic hydroxyl groups is 1. The lowest BCUT2D eigenvalue weighted by Gasteiger charge is -1.89. The fourth-order valence-electron chi connectivity index (χ4n) is 1.35. The Hall–Kier alpha value is -1.06. The van der Waals surface area contributed by atoms with E-state index in [1.165, 1.54) is 9.58 Å². The van der Waals surface area contributed by atoms with Crippen LogP contribution in [0, 0.1) is 0 Å². The Morgan fingerprint density at radius 1 is 1.12 bits per heavy atom. The highest BCUT2D eigenvalue weighted by atomic mass is 32.1. The Kier molecular flexibility index (Phi) is 8.46. The summed E-state index contributed by atoms with van der Waals surface area (Å²) in [5.74, 6) is 0.324. The third-order valence-corrected chi connectivity index (χ3v) is 3.12. The second-order valence-corrected chi connectivity index (χ2v) is 4.14. The lowest BCUT2D eigenvalue weighted by atomic mass is 10.2. The van der Waals surface area contributed by atoms with Gasteiger partial charge in [0.1, 0.15) is 5.75 Å². The molecule has 2 rings (SSSR count). The van der Waals surface area contributed by atoms with Crippen LogP contribution in [0.5, 0.6) is 5.75 Å². The SMILES string of the molecule is CC.CC.NCCc1cc2cc(O)ccc2s1. The Balaban J connectivity index is 0.000000581. The molecule has 0 radical (unpaired) electrons. The molecule has 0 saturated heterocycles. The molecule has 0 unspecified atom stereocenters. The maximum Gasteiger partial charge on any atom is 0.116 e. The second-order valence-electron chi connectivity index (χ2n) is 2.97. The number of phenols is 1. The summed E-state index contributed by atoms with van der Waals surface area (Å²) < 4.78 is 1.21. The summed E-state index contributed by atoms with van der Waals surface area (Å²) in [6, 6.07) is 7.53. The van der Waals surface area contributed by atoms with Gasteiger partial charge in [0.15, 0.2) is 0 Å². The molecular formula is C14H23NOS. The van der Waals surface area contributed by atoms with E-state index in [2.05, 4.69) is 6.07 Å². The summed E-state index contributed by atoms with van der Waals surface area (Å²) >= 11 is 1.74. The zero-order valence-corrected chi connectivity index (χ0v) is 12.0. The van der Waals surface area contributed by atoms with Crippen LogP contribution >= 0.6 is 11.3 Å². The summed E-state index contributed by atoms with van der Waals surface area (Å²) in [5, 5.41) is 10.4. The van der Waals surface area contributed by atoms with E-state index in [4.69, 9.17) is 5.73 Å². The number of benzene rings is 1. The average molecular weight is 253 g/mol. The van der Waals surface area contributed by atoms with Gasteiger partial charge in [-0.1, -0.05) is 27.7 Å². The molecule has 17 heavy (non-hydrogen) atoms. The molecule has 0 saturated carbocycles. The first-order valence-electron chi connectivity index (χ1n) is 6.21. The summed E-state index contributed by atoms with van der Waals surface area (Å²) in [4.78, 5) is 1.28. The van der Waals surface area contributed by atoms with Crippen molar-refractivity contribution in [1.82, 2.24) is 0 Å². The van der Waals surface area contributed by atoms with Crippen molar-refractivity contribution in [2.75, 3.05) is 6.54 Å². The van der Waals surface area contributed by atoms with E-state index in [1.54, 1.807) is 23.5 Å². The Labute approximate surface area is 108 Å². The molecular weight excluding hydrogens is 230 g/mol. The molecule has 2 nitrogen and oxygen atoms in total. The molecule has 0 aliphatic carbocycles. The summed E-state index contributed by atoms with van der Waals surface area (Å²) in [6.07, 6.45) is 0.917. The van der Waals surface area contributed by atoms with Gasteiger partial charge in [-0.25, -0.2) is 0 Å². The van der Waals surface area contributed by atoms with E-state index < -0.39 is 0 Å². The first-order valence-corrected chi connectivity index (χ1v) is 7.03. The van der Waals surface area contributed by atoms with E-state index in [-0.39, 0.29) is 0 Å². The number of nitrogens with two attached hydrogens (primary N) is 1. The van der Waals surface area contributed by atoms with Gasteiger partial charge in [-0.05, 0) is 42.6 Å². The molecule has 1 aromatic carbocycles. The van der Waals surface area contributed by atoms with E-state index in [9.17, 15) is 5.11 Å². The van der Waals surface area contributed by atoms with Gasteiger partial charge < -0.3 is 10.8 Å². The lowest BCUT2D eigenvalue weighted by Crippen LogP contribution is -2.00. The maximum absolute atomic E-state index is 9.25. The molecule has 0 amide bonds. The molecule has 0 bridgehead atoms. The number of fused-ring (bicyclic) bond motifs is 1. The lowest BCUT2D eigenvalue weighted by molar-refractivity contribution is 0.476. The van der Waals surface area contributed by atoms with Gasteiger partial charge >= 0.3 is 0 Å². The fraction of sp³-hybridized carbons (Fsp3) is 0.429. The van der Waals surface area contributed by atoms with Crippen molar-refractivity contribution in [3.05, 3.63) is 29.1 Å². The number of hydrogen-bond donors (Lipinski definition) is 2. The molecule has 0 aliphatic heterocycles. The highest BCUT2D eigenvalue weighted by Gasteiger charge is 2.01. The zero-order chi connectivity index (χ0) is 13.3. The highest BCUT2D eigenvalue weighted by Crippen LogP contribution is 2.28. The first-order chi connectivity index (χ1) is 8.29.